The predicted molar refractivity (Wildman–Crippen MR) is 99.3 cm³/mol. The van der Waals surface area contributed by atoms with Gasteiger partial charge in [-0.3, -0.25) is 4.79 Å². The lowest BCUT2D eigenvalue weighted by Gasteiger charge is -2.10. The van der Waals surface area contributed by atoms with E-state index in [-0.39, 0.29) is 17.6 Å². The normalized spacial score (nSPS) is 11.0. The molecule has 2 aromatic carbocycles. The molecule has 0 saturated heterocycles. The zero-order valence-electron chi connectivity index (χ0n) is 13.9. The highest BCUT2D eigenvalue weighted by molar-refractivity contribution is 6.28. The summed E-state index contributed by atoms with van der Waals surface area (Å²) in [4.78, 5) is 16.5. The van der Waals surface area contributed by atoms with Crippen LogP contribution in [0.2, 0.25) is 0 Å². The summed E-state index contributed by atoms with van der Waals surface area (Å²) in [5, 5.41) is 2.79. The fraction of sp³-hybridized carbons (Fsp3) is 0.222. The van der Waals surface area contributed by atoms with E-state index >= 15 is 0 Å². The predicted octanol–water partition coefficient (Wildman–Crippen LogP) is 2.73. The van der Waals surface area contributed by atoms with Crippen LogP contribution in [0.25, 0.3) is 0 Å². The van der Waals surface area contributed by atoms with Gasteiger partial charge in [0.1, 0.15) is 23.9 Å². The third-order valence-electron chi connectivity index (χ3n) is 3.27. The lowest BCUT2D eigenvalue weighted by Crippen LogP contribution is -2.28. The Balaban J connectivity index is 1.88. The molecule has 25 heavy (non-hydrogen) atoms. The molecule has 0 saturated carbocycles. The van der Waals surface area contributed by atoms with E-state index in [1.165, 1.54) is 0 Å². The molecular formula is C18H20ClN3O3. The Morgan fingerprint density at radius 1 is 1.16 bits per heavy atom. The molecule has 0 atom stereocenters. The van der Waals surface area contributed by atoms with Crippen LogP contribution in [0, 0.1) is 0 Å². The summed E-state index contributed by atoms with van der Waals surface area (Å²) < 4.78 is 10.7. The van der Waals surface area contributed by atoms with Gasteiger partial charge in [-0.1, -0.05) is 12.1 Å². The fourth-order valence-corrected chi connectivity index (χ4v) is 2.11. The van der Waals surface area contributed by atoms with Crippen molar-refractivity contribution in [3.8, 4) is 11.5 Å². The third-order valence-corrected chi connectivity index (χ3v) is 3.54. The Labute approximate surface area is 151 Å². The van der Waals surface area contributed by atoms with E-state index in [2.05, 4.69) is 10.3 Å². The van der Waals surface area contributed by atoms with Crippen LogP contribution in [0.1, 0.15) is 10.4 Å². The number of nitrogens with two attached hydrogens (primary N) is 1. The summed E-state index contributed by atoms with van der Waals surface area (Å²) in [6, 6.07) is 14.2. The number of amides is 1. The van der Waals surface area contributed by atoms with Crippen molar-refractivity contribution < 1.29 is 14.3 Å². The van der Waals surface area contributed by atoms with Crippen LogP contribution in [0.15, 0.2) is 53.5 Å². The molecule has 0 aliphatic carbocycles. The number of hydrogen-bond donors (Lipinski definition) is 2. The molecule has 2 rings (SSSR count). The molecule has 0 aliphatic heterocycles. The smallest absolute Gasteiger partial charge is 0.253 e. The van der Waals surface area contributed by atoms with Crippen LogP contribution in [0.4, 0.5) is 5.69 Å². The van der Waals surface area contributed by atoms with E-state index in [1.54, 1.807) is 43.5 Å². The van der Waals surface area contributed by atoms with Gasteiger partial charge in [0.15, 0.2) is 0 Å². The van der Waals surface area contributed by atoms with Crippen molar-refractivity contribution in [2.24, 2.45) is 10.7 Å². The van der Waals surface area contributed by atoms with Crippen molar-refractivity contribution in [2.75, 3.05) is 26.1 Å². The van der Waals surface area contributed by atoms with Gasteiger partial charge in [0.05, 0.1) is 30.8 Å². The van der Waals surface area contributed by atoms with E-state index < -0.39 is 0 Å². The Morgan fingerprint density at radius 2 is 1.84 bits per heavy atom. The number of methoxy groups -OCH3 is 1. The van der Waals surface area contributed by atoms with Crippen LogP contribution in [0.5, 0.6) is 11.5 Å². The Morgan fingerprint density at radius 3 is 2.52 bits per heavy atom. The van der Waals surface area contributed by atoms with Crippen LogP contribution in [0.3, 0.4) is 0 Å². The van der Waals surface area contributed by atoms with Gasteiger partial charge in [-0.25, -0.2) is 4.99 Å². The van der Waals surface area contributed by atoms with Crippen LogP contribution in [-0.2, 0) is 0 Å². The number of para-hydroxylation sites is 1. The SMILES string of the molecule is COc1ccc(OCCNC(=O)c2ccccc2N=C(N)CCl)cc1. The van der Waals surface area contributed by atoms with Gasteiger partial charge < -0.3 is 20.5 Å². The number of amidine groups is 1. The van der Waals surface area contributed by atoms with Crippen molar-refractivity contribution >= 4 is 29.0 Å². The van der Waals surface area contributed by atoms with E-state index in [9.17, 15) is 4.79 Å². The molecule has 1 amide bonds. The zero-order valence-corrected chi connectivity index (χ0v) is 14.6. The number of carbonyl (C=O) groups is 1. The summed E-state index contributed by atoms with van der Waals surface area (Å²) in [6.07, 6.45) is 0. The monoisotopic (exact) mass is 361 g/mol. The number of rotatable bonds is 8. The highest BCUT2D eigenvalue weighted by Crippen LogP contribution is 2.19. The van der Waals surface area contributed by atoms with E-state index in [0.29, 0.717) is 30.2 Å². The number of carbonyl (C=O) groups excluding carboxylic acids is 1. The molecule has 0 radical (unpaired) electrons. The van der Waals surface area contributed by atoms with Gasteiger partial charge in [0, 0.05) is 0 Å². The summed E-state index contributed by atoms with van der Waals surface area (Å²) in [7, 11) is 1.61. The van der Waals surface area contributed by atoms with Crippen molar-refractivity contribution in [3.63, 3.8) is 0 Å². The number of alkyl halides is 1. The van der Waals surface area contributed by atoms with Crippen molar-refractivity contribution in [1.82, 2.24) is 5.32 Å². The lowest BCUT2D eigenvalue weighted by atomic mass is 10.1. The molecule has 2 aromatic rings. The summed E-state index contributed by atoms with van der Waals surface area (Å²) in [5.74, 6) is 1.57. The first-order valence-electron chi connectivity index (χ1n) is 7.67. The highest BCUT2D eigenvalue weighted by Gasteiger charge is 2.10. The lowest BCUT2D eigenvalue weighted by molar-refractivity contribution is 0.0947. The topological polar surface area (TPSA) is 85.9 Å². The summed E-state index contributed by atoms with van der Waals surface area (Å²) in [6.45, 7) is 0.696. The molecule has 0 unspecified atom stereocenters. The van der Waals surface area contributed by atoms with E-state index in [4.69, 9.17) is 26.8 Å². The maximum absolute atomic E-state index is 12.3. The minimum absolute atomic E-state index is 0.103. The maximum atomic E-state index is 12.3. The Kier molecular flexibility index (Phi) is 7.10. The molecule has 6 nitrogen and oxygen atoms in total. The first-order chi connectivity index (χ1) is 12.1. The highest BCUT2D eigenvalue weighted by atomic mass is 35.5. The molecule has 0 heterocycles. The van der Waals surface area contributed by atoms with Gasteiger partial charge in [-0.05, 0) is 36.4 Å². The second-order valence-electron chi connectivity index (χ2n) is 5.03. The number of ether oxygens (including phenoxy) is 2. The molecule has 7 heteroatoms. The average Bonchev–Trinajstić information content (AvgIpc) is 2.65. The van der Waals surface area contributed by atoms with Crippen LogP contribution >= 0.6 is 11.6 Å². The maximum Gasteiger partial charge on any atom is 0.253 e. The number of benzene rings is 2. The molecular weight excluding hydrogens is 342 g/mol. The quantitative estimate of drug-likeness (QED) is 0.327. The molecule has 0 bridgehead atoms. The molecule has 132 valence electrons. The summed E-state index contributed by atoms with van der Waals surface area (Å²) in [5.41, 5.74) is 6.55. The number of halogens is 1. The molecule has 0 fully saturated rings. The number of hydrogen-bond acceptors (Lipinski definition) is 4. The minimum Gasteiger partial charge on any atom is -0.497 e. The van der Waals surface area contributed by atoms with Crippen molar-refractivity contribution in [1.29, 1.82) is 0 Å². The largest absolute Gasteiger partial charge is 0.497 e. The van der Waals surface area contributed by atoms with Crippen LogP contribution < -0.4 is 20.5 Å². The van der Waals surface area contributed by atoms with Gasteiger partial charge in [0.25, 0.3) is 5.91 Å². The van der Waals surface area contributed by atoms with E-state index in [1.807, 2.05) is 12.1 Å². The van der Waals surface area contributed by atoms with Gasteiger partial charge in [0.2, 0.25) is 0 Å². The van der Waals surface area contributed by atoms with Crippen molar-refractivity contribution in [3.05, 3.63) is 54.1 Å². The molecule has 3 N–H and O–H groups in total. The Hall–Kier alpha value is -2.73. The van der Waals surface area contributed by atoms with Gasteiger partial charge in [-0.2, -0.15) is 0 Å². The minimum atomic E-state index is -0.250. The number of aliphatic imine (C=N–C) groups is 1. The number of nitrogens with zero attached hydrogens (tertiary/aromatic N) is 1. The second kappa shape index (κ2) is 9.54. The number of nitrogens with one attached hydrogen (secondary N) is 1. The zero-order chi connectivity index (χ0) is 18.1. The van der Waals surface area contributed by atoms with Crippen LogP contribution in [-0.4, -0.2) is 37.9 Å². The third kappa shape index (κ3) is 5.69. The second-order valence-corrected chi connectivity index (χ2v) is 5.30. The molecule has 0 aromatic heterocycles. The summed E-state index contributed by atoms with van der Waals surface area (Å²) >= 11 is 5.63. The molecule has 0 spiro atoms. The van der Waals surface area contributed by atoms with Gasteiger partial charge in [-0.15, -0.1) is 11.6 Å². The van der Waals surface area contributed by atoms with Crippen molar-refractivity contribution in [2.45, 2.75) is 0 Å². The average molecular weight is 362 g/mol. The molecule has 0 aliphatic rings. The fourth-order valence-electron chi connectivity index (χ4n) is 2.05. The standard InChI is InChI=1S/C18H20ClN3O3/c1-24-13-6-8-14(9-7-13)25-11-10-21-18(23)15-4-2-3-5-16(15)22-17(20)12-19/h2-9H,10-12H2,1H3,(H2,20,22)(H,21,23). The first kappa shape index (κ1) is 18.6. The van der Waals surface area contributed by atoms with Gasteiger partial charge >= 0.3 is 0 Å². The van der Waals surface area contributed by atoms with E-state index in [0.717, 1.165) is 5.75 Å². The Bertz CT molecular complexity index is 733. The first-order valence-corrected chi connectivity index (χ1v) is 8.20.